The van der Waals surface area contributed by atoms with Crippen molar-refractivity contribution in [1.82, 2.24) is 4.98 Å². The van der Waals surface area contributed by atoms with Crippen molar-refractivity contribution >= 4 is 5.97 Å². The van der Waals surface area contributed by atoms with Crippen LogP contribution >= 0.6 is 0 Å². The standard InChI is InChI=1S/C19H13F2NO2/c20-16-7-3-1-5-14(16)13-9-12(10-18(23)24)19(22-11-13)15-6-2-4-8-17(15)21/h1-9,11H,10H2,(H,23,24). The van der Waals surface area contributed by atoms with Gasteiger partial charge in [0.2, 0.25) is 0 Å². The zero-order chi connectivity index (χ0) is 17.1. The fourth-order valence-corrected chi connectivity index (χ4v) is 2.55. The summed E-state index contributed by atoms with van der Waals surface area (Å²) >= 11 is 0. The van der Waals surface area contributed by atoms with Gasteiger partial charge in [-0.05, 0) is 29.8 Å². The number of carbonyl (C=O) groups is 1. The van der Waals surface area contributed by atoms with Crippen LogP contribution in [0.5, 0.6) is 0 Å². The van der Waals surface area contributed by atoms with Gasteiger partial charge in [-0.25, -0.2) is 8.78 Å². The molecule has 0 amide bonds. The fraction of sp³-hybridized carbons (Fsp3) is 0.0526. The second-order valence-corrected chi connectivity index (χ2v) is 5.26. The highest BCUT2D eigenvalue weighted by molar-refractivity contribution is 5.77. The number of halogens is 2. The number of carboxylic acids is 1. The first kappa shape index (κ1) is 15.8. The van der Waals surface area contributed by atoms with Crippen LogP contribution in [0.3, 0.4) is 0 Å². The molecule has 1 heterocycles. The van der Waals surface area contributed by atoms with Crippen LogP contribution < -0.4 is 0 Å². The summed E-state index contributed by atoms with van der Waals surface area (Å²) in [6.07, 6.45) is 1.09. The summed E-state index contributed by atoms with van der Waals surface area (Å²) in [6, 6.07) is 13.7. The first-order valence-electron chi connectivity index (χ1n) is 7.27. The van der Waals surface area contributed by atoms with Gasteiger partial charge in [0.25, 0.3) is 0 Å². The van der Waals surface area contributed by atoms with E-state index in [0.717, 1.165) is 0 Å². The van der Waals surface area contributed by atoms with E-state index in [0.29, 0.717) is 16.7 Å². The number of hydrogen-bond donors (Lipinski definition) is 1. The van der Waals surface area contributed by atoms with Gasteiger partial charge >= 0.3 is 5.97 Å². The molecule has 1 aromatic heterocycles. The van der Waals surface area contributed by atoms with Crippen molar-refractivity contribution in [2.45, 2.75) is 6.42 Å². The average molecular weight is 325 g/mol. The Kier molecular flexibility index (Phi) is 4.33. The molecule has 0 bridgehead atoms. The minimum absolute atomic E-state index is 0.217. The second-order valence-electron chi connectivity index (χ2n) is 5.26. The van der Waals surface area contributed by atoms with E-state index in [1.807, 2.05) is 0 Å². The number of nitrogens with zero attached hydrogens (tertiary/aromatic N) is 1. The third kappa shape index (κ3) is 3.15. The van der Waals surface area contributed by atoms with Crippen LogP contribution in [0.25, 0.3) is 22.4 Å². The van der Waals surface area contributed by atoms with Crippen molar-refractivity contribution in [3.63, 3.8) is 0 Å². The molecule has 0 radical (unpaired) electrons. The van der Waals surface area contributed by atoms with Gasteiger partial charge in [0.15, 0.2) is 0 Å². The molecule has 2 aromatic carbocycles. The number of pyridine rings is 1. The predicted molar refractivity (Wildman–Crippen MR) is 86.4 cm³/mol. The molecule has 3 rings (SSSR count). The monoisotopic (exact) mass is 325 g/mol. The summed E-state index contributed by atoms with van der Waals surface area (Å²) in [4.78, 5) is 15.4. The lowest BCUT2D eigenvalue weighted by atomic mass is 9.98. The summed E-state index contributed by atoms with van der Waals surface area (Å²) in [6.45, 7) is 0. The molecule has 0 spiro atoms. The van der Waals surface area contributed by atoms with E-state index in [4.69, 9.17) is 5.11 Å². The Bertz CT molecular complexity index is 909. The van der Waals surface area contributed by atoms with E-state index in [9.17, 15) is 13.6 Å². The smallest absolute Gasteiger partial charge is 0.307 e. The van der Waals surface area contributed by atoms with Crippen molar-refractivity contribution in [2.75, 3.05) is 0 Å². The van der Waals surface area contributed by atoms with Crippen LogP contribution in [-0.4, -0.2) is 16.1 Å². The lowest BCUT2D eigenvalue weighted by Gasteiger charge is -2.11. The van der Waals surface area contributed by atoms with Gasteiger partial charge < -0.3 is 5.11 Å². The van der Waals surface area contributed by atoms with Gasteiger partial charge in [0, 0.05) is 22.9 Å². The van der Waals surface area contributed by atoms with Crippen LogP contribution in [0.4, 0.5) is 8.78 Å². The van der Waals surface area contributed by atoms with Gasteiger partial charge in [-0.3, -0.25) is 9.78 Å². The maximum atomic E-state index is 14.0. The molecule has 3 aromatic rings. The third-order valence-corrected chi connectivity index (χ3v) is 3.62. The number of carboxylic acid groups (broad SMARTS) is 1. The van der Waals surface area contributed by atoms with E-state index in [2.05, 4.69) is 4.98 Å². The number of benzene rings is 2. The zero-order valence-electron chi connectivity index (χ0n) is 12.5. The largest absolute Gasteiger partial charge is 0.481 e. The molecule has 0 saturated carbocycles. The molecule has 0 unspecified atom stereocenters. The maximum Gasteiger partial charge on any atom is 0.307 e. The molecule has 1 N–H and O–H groups in total. The van der Waals surface area contributed by atoms with Crippen molar-refractivity contribution in [3.8, 4) is 22.4 Å². The second kappa shape index (κ2) is 6.58. The fourth-order valence-electron chi connectivity index (χ4n) is 2.55. The van der Waals surface area contributed by atoms with Crippen molar-refractivity contribution in [1.29, 1.82) is 0 Å². The van der Waals surface area contributed by atoms with Gasteiger partial charge in [0.1, 0.15) is 11.6 Å². The van der Waals surface area contributed by atoms with Crippen LogP contribution in [0.1, 0.15) is 5.56 Å². The molecule has 0 aliphatic heterocycles. The van der Waals surface area contributed by atoms with Gasteiger partial charge in [-0.15, -0.1) is 0 Å². The minimum Gasteiger partial charge on any atom is -0.481 e. The summed E-state index contributed by atoms with van der Waals surface area (Å²) < 4.78 is 28.0. The number of hydrogen-bond acceptors (Lipinski definition) is 2. The highest BCUT2D eigenvalue weighted by Crippen LogP contribution is 2.29. The Morgan fingerprint density at radius 3 is 2.12 bits per heavy atom. The normalized spacial score (nSPS) is 10.6. The van der Waals surface area contributed by atoms with Crippen molar-refractivity contribution < 1.29 is 18.7 Å². The maximum absolute atomic E-state index is 14.0. The first-order chi connectivity index (χ1) is 11.6. The van der Waals surface area contributed by atoms with Crippen LogP contribution in [-0.2, 0) is 11.2 Å². The molecule has 5 heteroatoms. The number of aromatic nitrogens is 1. The van der Waals surface area contributed by atoms with Gasteiger partial charge in [-0.1, -0.05) is 30.3 Å². The molecular formula is C19H13F2NO2. The predicted octanol–water partition coefficient (Wildman–Crippen LogP) is 4.32. The topological polar surface area (TPSA) is 50.2 Å². The van der Waals surface area contributed by atoms with Gasteiger partial charge in [-0.2, -0.15) is 0 Å². The highest BCUT2D eigenvalue weighted by Gasteiger charge is 2.16. The Morgan fingerprint density at radius 1 is 0.958 bits per heavy atom. The molecule has 0 fully saturated rings. The molecular weight excluding hydrogens is 312 g/mol. The lowest BCUT2D eigenvalue weighted by molar-refractivity contribution is -0.136. The average Bonchev–Trinajstić information content (AvgIpc) is 2.55. The minimum atomic E-state index is -1.07. The Balaban J connectivity index is 2.16. The number of aliphatic carboxylic acids is 1. The number of rotatable bonds is 4. The zero-order valence-corrected chi connectivity index (χ0v) is 12.5. The summed E-state index contributed by atoms with van der Waals surface area (Å²) in [5, 5.41) is 9.13. The summed E-state index contributed by atoms with van der Waals surface area (Å²) in [5.74, 6) is -1.99. The van der Waals surface area contributed by atoms with E-state index >= 15 is 0 Å². The van der Waals surface area contributed by atoms with Crippen molar-refractivity contribution in [3.05, 3.63) is 78.0 Å². The Morgan fingerprint density at radius 2 is 1.54 bits per heavy atom. The Hall–Kier alpha value is -3.08. The lowest BCUT2D eigenvalue weighted by Crippen LogP contribution is -2.04. The Labute approximate surface area is 137 Å². The third-order valence-electron chi connectivity index (χ3n) is 3.62. The van der Waals surface area contributed by atoms with E-state index in [1.165, 1.54) is 24.4 Å². The summed E-state index contributed by atoms with van der Waals surface area (Å²) in [7, 11) is 0. The molecule has 0 aliphatic carbocycles. The van der Waals surface area contributed by atoms with Crippen LogP contribution in [0.15, 0.2) is 60.8 Å². The quantitative estimate of drug-likeness (QED) is 0.777. The first-order valence-corrected chi connectivity index (χ1v) is 7.27. The highest BCUT2D eigenvalue weighted by atomic mass is 19.1. The van der Waals surface area contributed by atoms with E-state index < -0.39 is 17.6 Å². The van der Waals surface area contributed by atoms with Crippen LogP contribution in [0, 0.1) is 11.6 Å². The molecule has 0 atom stereocenters. The van der Waals surface area contributed by atoms with E-state index in [-0.39, 0.29) is 17.7 Å². The molecule has 0 aliphatic rings. The van der Waals surface area contributed by atoms with Crippen LogP contribution in [0.2, 0.25) is 0 Å². The van der Waals surface area contributed by atoms with E-state index in [1.54, 1.807) is 36.4 Å². The molecule has 0 saturated heterocycles. The summed E-state index contributed by atoms with van der Waals surface area (Å²) in [5.41, 5.74) is 1.55. The SMILES string of the molecule is O=C(O)Cc1cc(-c2ccccc2F)cnc1-c1ccccc1F. The molecule has 24 heavy (non-hydrogen) atoms. The molecule has 3 nitrogen and oxygen atoms in total. The molecule has 120 valence electrons. The van der Waals surface area contributed by atoms with Crippen molar-refractivity contribution in [2.24, 2.45) is 0 Å². The van der Waals surface area contributed by atoms with Gasteiger partial charge in [0.05, 0.1) is 12.1 Å².